The number of aryl methyl sites for hydroxylation is 1. The predicted octanol–water partition coefficient (Wildman–Crippen LogP) is 2.83. The summed E-state index contributed by atoms with van der Waals surface area (Å²) in [5.74, 6) is -0.576. The van der Waals surface area contributed by atoms with Gasteiger partial charge in [0.25, 0.3) is 10.0 Å². The second-order valence-corrected chi connectivity index (χ2v) is 6.19. The molecule has 0 heterocycles. The van der Waals surface area contributed by atoms with Crippen LogP contribution in [0.25, 0.3) is 0 Å². The molecule has 0 atom stereocenters. The van der Waals surface area contributed by atoms with Gasteiger partial charge in [0.05, 0.1) is 11.4 Å². The van der Waals surface area contributed by atoms with Crippen LogP contribution in [0, 0.1) is 19.7 Å². The normalized spacial score (nSPS) is 11.3. The van der Waals surface area contributed by atoms with E-state index in [9.17, 15) is 12.8 Å². The summed E-state index contributed by atoms with van der Waals surface area (Å²) in [7, 11) is -3.84. The first-order chi connectivity index (χ1) is 9.31. The number of benzene rings is 2. The number of hydrogen-bond acceptors (Lipinski definition) is 3. The van der Waals surface area contributed by atoms with E-state index in [2.05, 4.69) is 4.72 Å². The molecular weight excluding hydrogens is 279 g/mol. The van der Waals surface area contributed by atoms with Gasteiger partial charge in [-0.15, -0.1) is 0 Å². The highest BCUT2D eigenvalue weighted by Crippen LogP contribution is 2.25. The third kappa shape index (κ3) is 2.75. The van der Waals surface area contributed by atoms with E-state index in [4.69, 9.17) is 5.73 Å². The molecule has 2 rings (SSSR count). The van der Waals surface area contributed by atoms with Gasteiger partial charge in [0.2, 0.25) is 0 Å². The van der Waals surface area contributed by atoms with Gasteiger partial charge in [-0.25, -0.2) is 12.8 Å². The van der Waals surface area contributed by atoms with E-state index < -0.39 is 15.8 Å². The topological polar surface area (TPSA) is 72.2 Å². The number of halogens is 1. The number of nitrogen functional groups attached to an aromatic ring is 1. The van der Waals surface area contributed by atoms with E-state index in [0.717, 1.165) is 29.3 Å². The molecule has 2 aromatic rings. The number of rotatable bonds is 3. The van der Waals surface area contributed by atoms with Gasteiger partial charge in [-0.2, -0.15) is 0 Å². The van der Waals surface area contributed by atoms with Crippen LogP contribution in [0.15, 0.2) is 41.3 Å². The van der Waals surface area contributed by atoms with Crippen molar-refractivity contribution in [3.05, 3.63) is 53.3 Å². The maximum Gasteiger partial charge on any atom is 0.263 e. The molecule has 0 saturated heterocycles. The minimum atomic E-state index is -3.84. The van der Waals surface area contributed by atoms with Crippen molar-refractivity contribution in [2.45, 2.75) is 18.7 Å². The molecule has 20 heavy (non-hydrogen) atoms. The fourth-order valence-electron chi connectivity index (χ4n) is 1.83. The second-order valence-electron chi connectivity index (χ2n) is 4.54. The molecule has 106 valence electrons. The summed E-state index contributed by atoms with van der Waals surface area (Å²) in [5, 5.41) is 0. The molecule has 0 aromatic heterocycles. The van der Waals surface area contributed by atoms with Crippen molar-refractivity contribution in [2.75, 3.05) is 10.5 Å². The molecule has 6 heteroatoms. The first-order valence-electron chi connectivity index (χ1n) is 5.95. The molecule has 4 nitrogen and oxygen atoms in total. The van der Waals surface area contributed by atoms with Crippen molar-refractivity contribution >= 4 is 21.4 Å². The van der Waals surface area contributed by atoms with Crippen molar-refractivity contribution in [1.82, 2.24) is 0 Å². The van der Waals surface area contributed by atoms with Crippen LogP contribution in [0.4, 0.5) is 15.8 Å². The number of hydrogen-bond donors (Lipinski definition) is 2. The van der Waals surface area contributed by atoms with Crippen molar-refractivity contribution in [3.63, 3.8) is 0 Å². The monoisotopic (exact) mass is 294 g/mol. The van der Waals surface area contributed by atoms with Crippen molar-refractivity contribution in [1.29, 1.82) is 0 Å². The molecule has 2 aromatic carbocycles. The summed E-state index contributed by atoms with van der Waals surface area (Å²) in [4.78, 5) is -0.139. The number of anilines is 2. The summed E-state index contributed by atoms with van der Waals surface area (Å²) in [6.45, 7) is 3.71. The lowest BCUT2D eigenvalue weighted by atomic mass is 10.1. The van der Waals surface area contributed by atoms with Gasteiger partial charge >= 0.3 is 0 Å². The zero-order valence-electron chi connectivity index (χ0n) is 11.1. The number of nitrogens with two attached hydrogens (primary N) is 1. The average molecular weight is 294 g/mol. The largest absolute Gasteiger partial charge is 0.398 e. The van der Waals surface area contributed by atoms with E-state index in [1.54, 1.807) is 12.1 Å². The highest BCUT2D eigenvalue weighted by atomic mass is 32.2. The molecule has 0 amide bonds. The molecule has 0 bridgehead atoms. The molecule has 0 fully saturated rings. The van der Waals surface area contributed by atoms with Crippen LogP contribution in [0.3, 0.4) is 0 Å². The van der Waals surface area contributed by atoms with E-state index in [-0.39, 0.29) is 10.6 Å². The van der Waals surface area contributed by atoms with E-state index in [0.29, 0.717) is 5.69 Å². The predicted molar refractivity (Wildman–Crippen MR) is 77.5 cm³/mol. The van der Waals surface area contributed by atoms with Crippen molar-refractivity contribution < 1.29 is 12.8 Å². The van der Waals surface area contributed by atoms with Crippen LogP contribution in [0.5, 0.6) is 0 Å². The molecule has 0 spiro atoms. The van der Waals surface area contributed by atoms with Crippen LogP contribution in [-0.4, -0.2) is 8.42 Å². The molecular formula is C14H15FN2O2S. The highest BCUT2D eigenvalue weighted by molar-refractivity contribution is 7.92. The summed E-state index contributed by atoms with van der Waals surface area (Å²) >= 11 is 0. The molecule has 3 N–H and O–H groups in total. The molecule has 0 unspecified atom stereocenters. The van der Waals surface area contributed by atoms with Crippen LogP contribution in [0.1, 0.15) is 11.1 Å². The number of nitrogens with one attached hydrogen (secondary N) is 1. The first kappa shape index (κ1) is 14.3. The Hall–Kier alpha value is -2.08. The van der Waals surface area contributed by atoms with E-state index in [1.165, 1.54) is 0 Å². The Morgan fingerprint density at radius 2 is 1.85 bits per heavy atom. The lowest BCUT2D eigenvalue weighted by Gasteiger charge is -2.13. The smallest absolute Gasteiger partial charge is 0.263 e. The number of sulfonamides is 1. The van der Waals surface area contributed by atoms with Crippen LogP contribution >= 0.6 is 0 Å². The lowest BCUT2D eigenvalue weighted by molar-refractivity contribution is 0.600. The Balaban J connectivity index is 2.44. The van der Waals surface area contributed by atoms with Gasteiger partial charge in [-0.3, -0.25) is 4.72 Å². The van der Waals surface area contributed by atoms with E-state index in [1.807, 2.05) is 19.9 Å². The molecule has 0 saturated carbocycles. The summed E-state index contributed by atoms with van der Waals surface area (Å²) in [6.07, 6.45) is 0. The van der Waals surface area contributed by atoms with E-state index >= 15 is 0 Å². The maximum atomic E-state index is 13.0. The first-order valence-corrected chi connectivity index (χ1v) is 7.43. The van der Waals surface area contributed by atoms with Gasteiger partial charge in [0.15, 0.2) is 0 Å². The standard InChI is InChI=1S/C14H15FN2O2S/c1-9-4-3-5-13(10(9)2)17-20(18,19)14-7-6-11(15)8-12(14)16/h3-8,17H,16H2,1-2H3. The molecule has 0 aliphatic carbocycles. The Bertz CT molecular complexity index is 758. The Labute approximate surface area is 117 Å². The second kappa shape index (κ2) is 5.13. The Kier molecular flexibility index (Phi) is 3.67. The SMILES string of the molecule is Cc1cccc(NS(=O)(=O)c2ccc(F)cc2N)c1C. The van der Waals surface area contributed by atoms with Crippen LogP contribution in [-0.2, 0) is 10.0 Å². The Morgan fingerprint density at radius 3 is 2.50 bits per heavy atom. The summed E-state index contributed by atoms with van der Waals surface area (Å²) in [6, 6.07) is 8.51. The highest BCUT2D eigenvalue weighted by Gasteiger charge is 2.19. The summed E-state index contributed by atoms with van der Waals surface area (Å²) < 4.78 is 40.0. The zero-order valence-corrected chi connectivity index (χ0v) is 12.0. The van der Waals surface area contributed by atoms with Crippen molar-refractivity contribution in [3.8, 4) is 0 Å². The fourth-order valence-corrected chi connectivity index (χ4v) is 3.06. The van der Waals surface area contributed by atoms with Gasteiger partial charge in [-0.05, 0) is 49.2 Å². The van der Waals surface area contributed by atoms with Gasteiger partial charge in [0, 0.05) is 0 Å². The quantitative estimate of drug-likeness (QED) is 0.855. The minimum Gasteiger partial charge on any atom is -0.398 e. The minimum absolute atomic E-state index is 0.122. The van der Waals surface area contributed by atoms with Crippen LogP contribution in [0.2, 0.25) is 0 Å². The van der Waals surface area contributed by atoms with Gasteiger partial charge in [0.1, 0.15) is 10.7 Å². The summed E-state index contributed by atoms with van der Waals surface area (Å²) in [5.41, 5.74) is 7.73. The van der Waals surface area contributed by atoms with Crippen molar-refractivity contribution in [2.24, 2.45) is 0 Å². The molecule has 0 aliphatic rings. The molecule has 0 radical (unpaired) electrons. The lowest BCUT2D eigenvalue weighted by Crippen LogP contribution is -2.15. The third-order valence-electron chi connectivity index (χ3n) is 3.11. The maximum absolute atomic E-state index is 13.0. The van der Waals surface area contributed by atoms with Gasteiger partial charge < -0.3 is 5.73 Å². The van der Waals surface area contributed by atoms with Gasteiger partial charge in [-0.1, -0.05) is 12.1 Å². The molecule has 0 aliphatic heterocycles. The average Bonchev–Trinajstić information content (AvgIpc) is 2.34. The fraction of sp³-hybridized carbons (Fsp3) is 0.143. The van der Waals surface area contributed by atoms with Crippen LogP contribution < -0.4 is 10.5 Å². The zero-order chi connectivity index (χ0) is 14.9. The third-order valence-corrected chi connectivity index (χ3v) is 4.55. The Morgan fingerprint density at radius 1 is 1.15 bits per heavy atom.